The number of benzene rings is 2. The number of guanidine groups is 1. The fraction of sp³-hybridized carbons (Fsp3) is 0.375. The fourth-order valence-electron chi connectivity index (χ4n) is 3.96. The molecule has 1 aliphatic rings. The van der Waals surface area contributed by atoms with Gasteiger partial charge in [-0.15, -0.1) is 0 Å². The van der Waals surface area contributed by atoms with Crippen LogP contribution in [0.2, 0.25) is 0 Å². The molecule has 0 spiro atoms. The number of fused-ring (bicyclic) bond motifs is 1. The molecule has 1 unspecified atom stereocenters. The number of anilines is 1. The number of nitrogens with zero attached hydrogens (tertiary/aromatic N) is 2. The molecule has 0 saturated carbocycles. The molecule has 3 N–H and O–H groups in total. The van der Waals surface area contributed by atoms with Crippen LogP contribution in [-0.4, -0.2) is 30.6 Å². The van der Waals surface area contributed by atoms with Gasteiger partial charge in [0.2, 0.25) is 0 Å². The fourth-order valence-corrected chi connectivity index (χ4v) is 3.96. The molecule has 0 amide bonds. The lowest BCUT2D eigenvalue weighted by molar-refractivity contribution is 0.685. The molecule has 1 aliphatic heterocycles. The first-order valence-corrected chi connectivity index (χ1v) is 10.7. The third-order valence-electron chi connectivity index (χ3n) is 5.53. The summed E-state index contributed by atoms with van der Waals surface area (Å²) < 4.78 is 0. The van der Waals surface area contributed by atoms with Crippen LogP contribution < -0.4 is 15.5 Å². The maximum absolute atomic E-state index is 4.80. The van der Waals surface area contributed by atoms with Gasteiger partial charge in [0.15, 0.2) is 5.96 Å². The predicted molar refractivity (Wildman–Crippen MR) is 123 cm³/mol. The van der Waals surface area contributed by atoms with Crippen molar-refractivity contribution in [3.8, 4) is 0 Å². The van der Waals surface area contributed by atoms with Gasteiger partial charge < -0.3 is 20.5 Å². The SMILES string of the molecule is CCNC(=NCc1cc2ccccc2[nH]1)NC(C)c1cccc(N2CCCC2)c1. The summed E-state index contributed by atoms with van der Waals surface area (Å²) in [5.41, 5.74) is 4.88. The zero-order valence-corrected chi connectivity index (χ0v) is 17.4. The molecule has 0 bridgehead atoms. The first kappa shape index (κ1) is 19.4. The van der Waals surface area contributed by atoms with Gasteiger partial charge in [-0.25, -0.2) is 4.99 Å². The molecule has 0 aliphatic carbocycles. The standard InChI is InChI=1S/C24H31N5/c1-3-25-24(26-17-21-15-20-9-4-5-12-23(20)28-21)27-18(2)19-10-8-11-22(16-19)29-13-6-7-14-29/h4-5,8-12,15-16,18,28H,3,6-7,13-14,17H2,1-2H3,(H2,25,26,27). The summed E-state index contributed by atoms with van der Waals surface area (Å²) in [6.45, 7) is 8.07. The van der Waals surface area contributed by atoms with Gasteiger partial charge in [-0.1, -0.05) is 30.3 Å². The molecule has 4 rings (SSSR count). The van der Waals surface area contributed by atoms with Crippen LogP contribution in [0.15, 0.2) is 59.6 Å². The van der Waals surface area contributed by atoms with Crippen LogP contribution in [0, 0.1) is 0 Å². The maximum Gasteiger partial charge on any atom is 0.192 e. The minimum absolute atomic E-state index is 0.179. The van der Waals surface area contributed by atoms with E-state index in [0.717, 1.165) is 23.7 Å². The van der Waals surface area contributed by atoms with E-state index in [4.69, 9.17) is 4.99 Å². The Morgan fingerprint density at radius 1 is 1.10 bits per heavy atom. The first-order chi connectivity index (χ1) is 14.2. The Morgan fingerprint density at radius 3 is 2.72 bits per heavy atom. The summed E-state index contributed by atoms with van der Waals surface area (Å²) >= 11 is 0. The quantitative estimate of drug-likeness (QED) is 0.427. The van der Waals surface area contributed by atoms with Gasteiger partial charge in [0.25, 0.3) is 0 Å². The van der Waals surface area contributed by atoms with E-state index < -0.39 is 0 Å². The molecular weight excluding hydrogens is 358 g/mol. The molecule has 5 heteroatoms. The van der Waals surface area contributed by atoms with Crippen LogP contribution in [0.25, 0.3) is 10.9 Å². The second-order valence-electron chi connectivity index (χ2n) is 7.73. The number of nitrogens with one attached hydrogen (secondary N) is 3. The van der Waals surface area contributed by atoms with E-state index >= 15 is 0 Å². The van der Waals surface area contributed by atoms with Gasteiger partial charge >= 0.3 is 0 Å². The van der Waals surface area contributed by atoms with E-state index in [1.807, 2.05) is 0 Å². The highest BCUT2D eigenvalue weighted by Gasteiger charge is 2.14. The topological polar surface area (TPSA) is 55.5 Å². The van der Waals surface area contributed by atoms with E-state index in [-0.39, 0.29) is 6.04 Å². The molecule has 1 aromatic heterocycles. The first-order valence-electron chi connectivity index (χ1n) is 10.7. The lowest BCUT2D eigenvalue weighted by Gasteiger charge is -2.22. The number of aromatic amines is 1. The van der Waals surface area contributed by atoms with E-state index in [1.165, 1.54) is 42.6 Å². The monoisotopic (exact) mass is 389 g/mol. The number of rotatable bonds is 6. The van der Waals surface area contributed by atoms with Gasteiger partial charge in [-0.2, -0.15) is 0 Å². The average Bonchev–Trinajstić information content (AvgIpc) is 3.42. The third kappa shape index (κ3) is 4.73. The number of hydrogen-bond donors (Lipinski definition) is 3. The van der Waals surface area contributed by atoms with Gasteiger partial charge in [-0.3, -0.25) is 0 Å². The Labute approximate surface area is 173 Å². The molecular formula is C24H31N5. The summed E-state index contributed by atoms with van der Waals surface area (Å²) in [5.74, 6) is 0.838. The van der Waals surface area contributed by atoms with Gasteiger partial charge in [0.05, 0.1) is 12.6 Å². The second-order valence-corrected chi connectivity index (χ2v) is 7.73. The van der Waals surface area contributed by atoms with Crippen molar-refractivity contribution in [2.45, 2.75) is 39.3 Å². The largest absolute Gasteiger partial charge is 0.372 e. The van der Waals surface area contributed by atoms with Gasteiger partial charge in [0.1, 0.15) is 0 Å². The molecule has 2 aromatic carbocycles. The highest BCUT2D eigenvalue weighted by Crippen LogP contribution is 2.24. The Balaban J connectivity index is 1.45. The van der Waals surface area contributed by atoms with Crippen molar-refractivity contribution in [2.24, 2.45) is 4.99 Å². The Hall–Kier alpha value is -2.95. The van der Waals surface area contributed by atoms with Crippen molar-refractivity contribution in [3.05, 3.63) is 65.9 Å². The summed E-state index contributed by atoms with van der Waals surface area (Å²) in [6.07, 6.45) is 2.59. The van der Waals surface area contributed by atoms with Gasteiger partial charge in [-0.05, 0) is 61.9 Å². The summed E-state index contributed by atoms with van der Waals surface area (Å²) in [5, 5.41) is 8.16. The van der Waals surface area contributed by atoms with Crippen LogP contribution in [-0.2, 0) is 6.54 Å². The highest BCUT2D eigenvalue weighted by atomic mass is 15.2. The molecule has 0 radical (unpaired) electrons. The smallest absolute Gasteiger partial charge is 0.192 e. The van der Waals surface area contributed by atoms with Crippen LogP contribution in [0.3, 0.4) is 0 Å². The predicted octanol–water partition coefficient (Wildman–Crippen LogP) is 4.58. The van der Waals surface area contributed by atoms with Crippen LogP contribution >= 0.6 is 0 Å². The molecule has 5 nitrogen and oxygen atoms in total. The molecule has 29 heavy (non-hydrogen) atoms. The molecule has 1 saturated heterocycles. The van der Waals surface area contributed by atoms with Crippen molar-refractivity contribution in [3.63, 3.8) is 0 Å². The van der Waals surface area contributed by atoms with Crippen molar-refractivity contribution < 1.29 is 0 Å². The molecule has 152 valence electrons. The Bertz CT molecular complexity index is 935. The lowest BCUT2D eigenvalue weighted by Crippen LogP contribution is -2.38. The number of para-hydroxylation sites is 1. The zero-order chi connectivity index (χ0) is 20.1. The van der Waals surface area contributed by atoms with Crippen molar-refractivity contribution >= 4 is 22.5 Å². The third-order valence-corrected chi connectivity index (χ3v) is 5.53. The van der Waals surface area contributed by atoms with Crippen molar-refractivity contribution in [1.29, 1.82) is 0 Å². The summed E-state index contributed by atoms with van der Waals surface area (Å²) in [7, 11) is 0. The number of aromatic nitrogens is 1. The normalized spacial score (nSPS) is 15.7. The number of aliphatic imine (C=N–C) groups is 1. The number of H-pyrrole nitrogens is 1. The minimum Gasteiger partial charge on any atom is -0.372 e. The molecule has 2 heterocycles. The van der Waals surface area contributed by atoms with E-state index in [0.29, 0.717) is 6.54 Å². The second kappa shape index (κ2) is 9.03. The van der Waals surface area contributed by atoms with E-state index in [9.17, 15) is 0 Å². The van der Waals surface area contributed by atoms with E-state index in [2.05, 4.69) is 89.0 Å². The summed E-state index contributed by atoms with van der Waals surface area (Å²) in [4.78, 5) is 10.7. The minimum atomic E-state index is 0.179. The van der Waals surface area contributed by atoms with E-state index in [1.54, 1.807) is 0 Å². The van der Waals surface area contributed by atoms with Crippen molar-refractivity contribution in [2.75, 3.05) is 24.5 Å². The zero-order valence-electron chi connectivity index (χ0n) is 17.4. The van der Waals surface area contributed by atoms with Crippen LogP contribution in [0.4, 0.5) is 5.69 Å². The van der Waals surface area contributed by atoms with Crippen LogP contribution in [0.5, 0.6) is 0 Å². The Kier molecular flexibility index (Phi) is 6.03. The van der Waals surface area contributed by atoms with Crippen LogP contribution in [0.1, 0.15) is 44.0 Å². The Morgan fingerprint density at radius 2 is 1.93 bits per heavy atom. The molecule has 3 aromatic rings. The highest BCUT2D eigenvalue weighted by molar-refractivity contribution is 5.81. The van der Waals surface area contributed by atoms with Gasteiger partial charge in [0, 0.05) is 36.5 Å². The summed E-state index contributed by atoms with van der Waals surface area (Å²) in [6, 6.07) is 19.6. The van der Waals surface area contributed by atoms with Crippen molar-refractivity contribution in [1.82, 2.24) is 15.6 Å². The molecule has 1 fully saturated rings. The maximum atomic E-state index is 4.80. The lowest BCUT2D eigenvalue weighted by atomic mass is 10.1. The number of hydrogen-bond acceptors (Lipinski definition) is 2. The average molecular weight is 390 g/mol. The molecule has 1 atom stereocenters.